The summed E-state index contributed by atoms with van der Waals surface area (Å²) in [7, 11) is -3.38. The first-order chi connectivity index (χ1) is 8.22. The van der Waals surface area contributed by atoms with Crippen molar-refractivity contribution in [3.8, 4) is 0 Å². The van der Waals surface area contributed by atoms with E-state index < -0.39 is 10.0 Å². The van der Waals surface area contributed by atoms with Gasteiger partial charge in [-0.05, 0) is 40.3 Å². The predicted octanol–water partition coefficient (Wildman–Crippen LogP) is 3.97. The molecule has 1 fully saturated rings. The molecule has 1 aromatic heterocycles. The van der Waals surface area contributed by atoms with E-state index in [0.29, 0.717) is 26.1 Å². The van der Waals surface area contributed by atoms with Crippen LogP contribution in [0.15, 0.2) is 14.1 Å². The van der Waals surface area contributed by atoms with Crippen molar-refractivity contribution >= 4 is 48.9 Å². The van der Waals surface area contributed by atoms with Gasteiger partial charge in [-0.3, -0.25) is 0 Å². The van der Waals surface area contributed by atoms with E-state index in [1.54, 1.807) is 4.31 Å². The summed E-state index contributed by atoms with van der Waals surface area (Å²) in [4.78, 5) is 0. The minimum absolute atomic E-state index is 0.236. The van der Waals surface area contributed by atoms with Crippen LogP contribution in [0.5, 0.6) is 0 Å². The second-order valence-corrected chi connectivity index (χ2v) is 10.2. The number of hydrogen-bond acceptors (Lipinski definition) is 3. The highest BCUT2D eigenvalue weighted by atomic mass is 79.9. The standard InChI is InChI=1S/C11H15BrClNO2S2/c1-11(2)3-5-14(6-4-11)18(15,16)9-7-8(13)10(12)17-9/h7H,3-6H2,1-2H3. The van der Waals surface area contributed by atoms with E-state index in [2.05, 4.69) is 29.8 Å². The maximum Gasteiger partial charge on any atom is 0.252 e. The van der Waals surface area contributed by atoms with Crippen molar-refractivity contribution in [2.24, 2.45) is 5.41 Å². The third kappa shape index (κ3) is 2.93. The summed E-state index contributed by atoms with van der Waals surface area (Å²) in [6.45, 7) is 5.52. The van der Waals surface area contributed by atoms with Gasteiger partial charge in [-0.15, -0.1) is 11.3 Å². The molecule has 0 aliphatic carbocycles. The summed E-state index contributed by atoms with van der Waals surface area (Å²) in [6.07, 6.45) is 1.79. The van der Waals surface area contributed by atoms with Crippen molar-refractivity contribution in [1.29, 1.82) is 0 Å². The van der Waals surface area contributed by atoms with E-state index >= 15 is 0 Å². The van der Waals surface area contributed by atoms with Crippen LogP contribution in [0, 0.1) is 5.41 Å². The van der Waals surface area contributed by atoms with E-state index in [9.17, 15) is 8.42 Å². The number of halogens is 2. The summed E-state index contributed by atoms with van der Waals surface area (Å²) in [6, 6.07) is 1.52. The van der Waals surface area contributed by atoms with Gasteiger partial charge in [0.05, 0.1) is 8.81 Å². The Balaban J connectivity index is 2.22. The van der Waals surface area contributed by atoms with Crippen LogP contribution in [0.3, 0.4) is 0 Å². The molecule has 0 saturated carbocycles. The lowest BCUT2D eigenvalue weighted by Gasteiger charge is -2.35. The first-order valence-corrected chi connectivity index (χ1v) is 9.10. The molecule has 0 amide bonds. The molecule has 0 bridgehead atoms. The molecule has 18 heavy (non-hydrogen) atoms. The van der Waals surface area contributed by atoms with E-state index in [-0.39, 0.29) is 5.41 Å². The maximum absolute atomic E-state index is 12.4. The first kappa shape index (κ1) is 14.8. The molecule has 0 radical (unpaired) electrons. The van der Waals surface area contributed by atoms with E-state index in [1.165, 1.54) is 17.4 Å². The third-order valence-electron chi connectivity index (χ3n) is 3.29. The lowest BCUT2D eigenvalue weighted by Crippen LogP contribution is -2.40. The van der Waals surface area contributed by atoms with Crippen molar-refractivity contribution in [3.63, 3.8) is 0 Å². The van der Waals surface area contributed by atoms with Gasteiger partial charge in [0.1, 0.15) is 4.21 Å². The molecule has 3 nitrogen and oxygen atoms in total. The predicted molar refractivity (Wildman–Crippen MR) is 78.8 cm³/mol. The normalized spacial score (nSPS) is 21.1. The molecule has 1 saturated heterocycles. The summed E-state index contributed by atoms with van der Waals surface area (Å²) in [5.74, 6) is 0. The van der Waals surface area contributed by atoms with Crippen LogP contribution >= 0.6 is 38.9 Å². The number of piperidine rings is 1. The number of hydrogen-bond donors (Lipinski definition) is 0. The average molecular weight is 373 g/mol. The van der Waals surface area contributed by atoms with E-state index in [0.717, 1.165) is 12.8 Å². The van der Waals surface area contributed by atoms with Gasteiger partial charge in [-0.25, -0.2) is 8.42 Å². The Morgan fingerprint density at radius 2 is 1.94 bits per heavy atom. The molecule has 1 aliphatic heterocycles. The Bertz CT molecular complexity index is 524. The summed E-state index contributed by atoms with van der Waals surface area (Å²) in [5, 5.41) is 0.455. The summed E-state index contributed by atoms with van der Waals surface area (Å²) < 4.78 is 27.4. The molecule has 2 rings (SSSR count). The quantitative estimate of drug-likeness (QED) is 0.787. The largest absolute Gasteiger partial charge is 0.252 e. The highest BCUT2D eigenvalue weighted by molar-refractivity contribution is 9.11. The Morgan fingerprint density at radius 3 is 2.39 bits per heavy atom. The second kappa shape index (κ2) is 5.05. The minimum Gasteiger partial charge on any atom is -0.206 e. The Kier molecular flexibility index (Phi) is 4.15. The van der Waals surface area contributed by atoms with Gasteiger partial charge in [-0.2, -0.15) is 4.31 Å². The van der Waals surface area contributed by atoms with Crippen LogP contribution in [0.25, 0.3) is 0 Å². The van der Waals surface area contributed by atoms with Crippen LogP contribution in [0.1, 0.15) is 26.7 Å². The molecular weight excluding hydrogens is 358 g/mol. The van der Waals surface area contributed by atoms with Crippen molar-refractivity contribution in [2.75, 3.05) is 13.1 Å². The van der Waals surface area contributed by atoms with Gasteiger partial charge >= 0.3 is 0 Å². The lowest BCUT2D eigenvalue weighted by atomic mass is 9.83. The van der Waals surface area contributed by atoms with E-state index in [4.69, 9.17) is 11.6 Å². The maximum atomic E-state index is 12.4. The zero-order valence-electron chi connectivity index (χ0n) is 10.2. The zero-order chi connectivity index (χ0) is 13.6. The van der Waals surface area contributed by atoms with Gasteiger partial charge < -0.3 is 0 Å². The molecule has 1 aromatic rings. The molecular formula is C11H15BrClNO2S2. The summed E-state index contributed by atoms with van der Waals surface area (Å²) in [5.41, 5.74) is 0.236. The Hall–Kier alpha value is 0.380. The number of sulfonamides is 1. The topological polar surface area (TPSA) is 37.4 Å². The minimum atomic E-state index is -3.38. The van der Waals surface area contributed by atoms with Crippen molar-refractivity contribution in [2.45, 2.75) is 30.9 Å². The molecule has 102 valence electrons. The van der Waals surface area contributed by atoms with Gasteiger partial charge in [-0.1, -0.05) is 25.4 Å². The SMILES string of the molecule is CC1(C)CCN(S(=O)(=O)c2cc(Cl)c(Br)s2)CC1. The first-order valence-electron chi connectivity index (χ1n) is 5.67. The average Bonchev–Trinajstić information content (AvgIpc) is 2.59. The molecule has 1 aliphatic rings. The fourth-order valence-electron chi connectivity index (χ4n) is 1.91. The number of nitrogens with zero attached hydrogens (tertiary/aromatic N) is 1. The van der Waals surface area contributed by atoms with Gasteiger partial charge in [0.25, 0.3) is 10.0 Å². The molecule has 0 unspecified atom stereocenters. The van der Waals surface area contributed by atoms with Gasteiger partial charge in [0, 0.05) is 13.1 Å². The van der Waals surface area contributed by atoms with Crippen molar-refractivity contribution < 1.29 is 8.42 Å². The Labute approximate surface area is 125 Å². The lowest BCUT2D eigenvalue weighted by molar-refractivity contribution is 0.196. The molecule has 0 atom stereocenters. The molecule has 0 spiro atoms. The fraction of sp³-hybridized carbons (Fsp3) is 0.636. The van der Waals surface area contributed by atoms with Gasteiger partial charge in [0.2, 0.25) is 0 Å². The Morgan fingerprint density at radius 1 is 1.39 bits per heavy atom. The molecule has 0 N–H and O–H groups in total. The van der Waals surface area contributed by atoms with E-state index in [1.807, 2.05) is 0 Å². The molecule has 2 heterocycles. The van der Waals surface area contributed by atoms with Crippen LogP contribution < -0.4 is 0 Å². The van der Waals surface area contributed by atoms with Crippen LogP contribution in [-0.4, -0.2) is 25.8 Å². The molecule has 7 heteroatoms. The highest BCUT2D eigenvalue weighted by Crippen LogP contribution is 2.38. The number of thiophene rings is 1. The summed E-state index contributed by atoms with van der Waals surface area (Å²) >= 11 is 10.3. The molecule has 0 aromatic carbocycles. The highest BCUT2D eigenvalue weighted by Gasteiger charge is 2.33. The van der Waals surface area contributed by atoms with Crippen LogP contribution in [-0.2, 0) is 10.0 Å². The zero-order valence-corrected chi connectivity index (χ0v) is 14.2. The van der Waals surface area contributed by atoms with Gasteiger partial charge in [0.15, 0.2) is 0 Å². The second-order valence-electron chi connectivity index (χ2n) is 5.26. The number of rotatable bonds is 2. The smallest absolute Gasteiger partial charge is 0.206 e. The van der Waals surface area contributed by atoms with Crippen LogP contribution in [0.2, 0.25) is 5.02 Å². The van der Waals surface area contributed by atoms with Crippen molar-refractivity contribution in [3.05, 3.63) is 14.9 Å². The van der Waals surface area contributed by atoms with Crippen molar-refractivity contribution in [1.82, 2.24) is 4.31 Å². The van der Waals surface area contributed by atoms with Crippen LogP contribution in [0.4, 0.5) is 0 Å². The fourth-order valence-corrected chi connectivity index (χ4v) is 5.91. The monoisotopic (exact) mass is 371 g/mol. The third-order valence-corrected chi connectivity index (χ3v) is 8.12.